The molecule has 1 aromatic rings. The lowest BCUT2D eigenvalue weighted by Gasteiger charge is -2.37. The molecule has 0 saturated carbocycles. The zero-order valence-corrected chi connectivity index (χ0v) is 14.4. The highest BCUT2D eigenvalue weighted by Gasteiger charge is 2.46. The number of rotatable bonds is 4. The fraction of sp³-hybridized carbons (Fsp3) is 0.733. The Hall–Kier alpha value is -1.41. The van der Waals surface area contributed by atoms with Crippen molar-refractivity contribution in [3.63, 3.8) is 0 Å². The number of hydrogen-bond acceptors (Lipinski definition) is 4. The van der Waals surface area contributed by atoms with E-state index in [1.54, 1.807) is 24.3 Å². The monoisotopic (exact) mass is 340 g/mol. The van der Waals surface area contributed by atoms with Gasteiger partial charge in [-0.3, -0.25) is 9.48 Å². The summed E-state index contributed by atoms with van der Waals surface area (Å²) in [7, 11) is -3.15. The minimum Gasteiger partial charge on any atom is -0.335 e. The largest absolute Gasteiger partial charge is 0.335 e. The predicted molar refractivity (Wildman–Crippen MR) is 86.1 cm³/mol. The van der Waals surface area contributed by atoms with Crippen LogP contribution in [0.5, 0.6) is 0 Å². The molecule has 0 aromatic carbocycles. The average Bonchev–Trinajstić information content (AvgIpc) is 3.13. The van der Waals surface area contributed by atoms with Gasteiger partial charge >= 0.3 is 0 Å². The lowest BCUT2D eigenvalue weighted by Crippen LogP contribution is -2.50. The molecule has 3 rings (SSSR count). The van der Waals surface area contributed by atoms with E-state index < -0.39 is 10.0 Å². The van der Waals surface area contributed by atoms with E-state index in [0.29, 0.717) is 19.6 Å². The van der Waals surface area contributed by atoms with Crippen LogP contribution in [0.3, 0.4) is 0 Å². The number of fused-ring (bicyclic) bond motifs is 1. The molecule has 2 fully saturated rings. The zero-order chi connectivity index (χ0) is 16.6. The number of carbonyl (C=O) groups is 1. The Morgan fingerprint density at radius 2 is 2.17 bits per heavy atom. The second-order valence-corrected chi connectivity index (χ2v) is 8.68. The first-order valence-corrected chi connectivity index (χ1v) is 9.77. The maximum Gasteiger partial charge on any atom is 0.220 e. The van der Waals surface area contributed by atoms with E-state index in [1.165, 1.54) is 0 Å². The second-order valence-electron chi connectivity index (χ2n) is 6.42. The lowest BCUT2D eigenvalue weighted by molar-refractivity contribution is -0.132. The van der Waals surface area contributed by atoms with E-state index in [2.05, 4.69) is 5.10 Å². The standard InChI is InChI=1S/C15H24N4O3S/c1-3-23(21,22)18-8-5-15-13(10-18)9-14(19(15)12(2)20)11-17-7-4-6-16-17/h4,6-7,13-15H,3,5,8-11H2,1-2H3/t13-,14-,15+/m1/s1. The molecule has 23 heavy (non-hydrogen) atoms. The van der Waals surface area contributed by atoms with Gasteiger partial charge in [-0.2, -0.15) is 5.10 Å². The number of hydrogen-bond donors (Lipinski definition) is 0. The molecule has 0 unspecified atom stereocenters. The van der Waals surface area contributed by atoms with Crippen molar-refractivity contribution < 1.29 is 13.2 Å². The van der Waals surface area contributed by atoms with Crippen LogP contribution < -0.4 is 0 Å². The van der Waals surface area contributed by atoms with E-state index >= 15 is 0 Å². The van der Waals surface area contributed by atoms with Crippen molar-refractivity contribution in [3.8, 4) is 0 Å². The quantitative estimate of drug-likeness (QED) is 0.802. The summed E-state index contributed by atoms with van der Waals surface area (Å²) in [6.45, 7) is 4.99. The van der Waals surface area contributed by atoms with Crippen molar-refractivity contribution in [1.82, 2.24) is 19.0 Å². The van der Waals surface area contributed by atoms with Crippen LogP contribution in [0.25, 0.3) is 0 Å². The molecule has 0 radical (unpaired) electrons. The first kappa shape index (κ1) is 16.4. The molecule has 1 amide bonds. The Bertz CT molecular complexity index is 658. The van der Waals surface area contributed by atoms with Crippen LogP contribution >= 0.6 is 0 Å². The smallest absolute Gasteiger partial charge is 0.220 e. The minimum absolute atomic E-state index is 0.0708. The molecule has 2 aliphatic rings. The van der Waals surface area contributed by atoms with E-state index in [-0.39, 0.29) is 29.7 Å². The van der Waals surface area contributed by atoms with Crippen molar-refractivity contribution >= 4 is 15.9 Å². The molecule has 3 heterocycles. The predicted octanol–water partition coefficient (Wildman–Crippen LogP) is 0.544. The summed E-state index contributed by atoms with van der Waals surface area (Å²) in [6, 6.07) is 2.11. The molecule has 2 saturated heterocycles. The van der Waals surface area contributed by atoms with Gasteiger partial charge in [0.15, 0.2) is 0 Å². The van der Waals surface area contributed by atoms with Gasteiger partial charge < -0.3 is 4.90 Å². The maximum absolute atomic E-state index is 12.1. The van der Waals surface area contributed by atoms with Gasteiger partial charge in [-0.05, 0) is 31.7 Å². The average molecular weight is 340 g/mol. The van der Waals surface area contributed by atoms with Crippen molar-refractivity contribution in [2.45, 2.75) is 45.3 Å². The van der Waals surface area contributed by atoms with Crippen LogP contribution in [-0.4, -0.2) is 64.2 Å². The van der Waals surface area contributed by atoms with Crippen molar-refractivity contribution in [2.24, 2.45) is 5.92 Å². The molecule has 128 valence electrons. The summed E-state index contributed by atoms with van der Waals surface area (Å²) in [5.74, 6) is 0.424. The highest BCUT2D eigenvalue weighted by molar-refractivity contribution is 7.89. The van der Waals surface area contributed by atoms with Crippen LogP contribution in [0.1, 0.15) is 26.7 Å². The van der Waals surface area contributed by atoms with E-state index in [1.807, 2.05) is 21.8 Å². The van der Waals surface area contributed by atoms with Gasteiger partial charge in [0.2, 0.25) is 15.9 Å². The molecule has 0 bridgehead atoms. The number of carbonyl (C=O) groups excluding carboxylic acids is 1. The zero-order valence-electron chi connectivity index (χ0n) is 13.6. The number of amides is 1. The maximum atomic E-state index is 12.1. The normalized spacial score (nSPS) is 28.8. The molecule has 7 nitrogen and oxygen atoms in total. The first-order chi connectivity index (χ1) is 10.9. The molecular formula is C15H24N4O3S. The topological polar surface area (TPSA) is 75.5 Å². The SMILES string of the molecule is CCS(=O)(=O)N1CC[C@H]2[C@H](C[C@H](Cn3cccn3)N2C(C)=O)C1. The van der Waals surface area contributed by atoms with Gasteiger partial charge in [-0.1, -0.05) is 0 Å². The van der Waals surface area contributed by atoms with Gasteiger partial charge in [-0.15, -0.1) is 0 Å². The van der Waals surface area contributed by atoms with E-state index in [4.69, 9.17) is 0 Å². The molecular weight excluding hydrogens is 316 g/mol. The van der Waals surface area contributed by atoms with Crippen LogP contribution in [0.4, 0.5) is 0 Å². The van der Waals surface area contributed by atoms with Gasteiger partial charge in [0.25, 0.3) is 0 Å². The number of piperidine rings is 1. The Morgan fingerprint density at radius 1 is 1.39 bits per heavy atom. The van der Waals surface area contributed by atoms with Crippen LogP contribution in [-0.2, 0) is 21.4 Å². The summed E-state index contributed by atoms with van der Waals surface area (Å²) in [6.07, 6.45) is 5.18. The Labute approximate surface area is 137 Å². The van der Waals surface area contributed by atoms with Gasteiger partial charge in [0.05, 0.1) is 18.3 Å². The highest BCUT2D eigenvalue weighted by Crippen LogP contribution is 2.37. The first-order valence-electron chi connectivity index (χ1n) is 8.16. The Balaban J connectivity index is 1.77. The molecule has 2 aliphatic heterocycles. The molecule has 8 heteroatoms. The van der Waals surface area contributed by atoms with Crippen LogP contribution in [0.15, 0.2) is 18.5 Å². The van der Waals surface area contributed by atoms with Crippen LogP contribution in [0.2, 0.25) is 0 Å². The number of likely N-dealkylation sites (tertiary alicyclic amines) is 1. The number of aromatic nitrogens is 2. The Kier molecular flexibility index (Phi) is 4.46. The third kappa shape index (κ3) is 3.14. The summed E-state index contributed by atoms with van der Waals surface area (Å²) >= 11 is 0. The third-order valence-corrected chi connectivity index (χ3v) is 6.91. The fourth-order valence-corrected chi connectivity index (χ4v) is 5.20. The Morgan fingerprint density at radius 3 is 2.78 bits per heavy atom. The molecule has 0 aliphatic carbocycles. The summed E-state index contributed by atoms with van der Waals surface area (Å²) in [5.41, 5.74) is 0. The summed E-state index contributed by atoms with van der Waals surface area (Å²) < 4.78 is 27.7. The number of nitrogens with zero attached hydrogens (tertiary/aromatic N) is 4. The minimum atomic E-state index is -3.15. The molecule has 0 spiro atoms. The molecule has 0 N–H and O–H groups in total. The van der Waals surface area contributed by atoms with Gasteiger partial charge in [0.1, 0.15) is 0 Å². The summed E-state index contributed by atoms with van der Waals surface area (Å²) in [5, 5.41) is 4.23. The van der Waals surface area contributed by atoms with Crippen LogP contribution in [0, 0.1) is 5.92 Å². The van der Waals surface area contributed by atoms with Gasteiger partial charge in [0, 0.05) is 38.4 Å². The second kappa shape index (κ2) is 6.24. The molecule has 3 atom stereocenters. The lowest BCUT2D eigenvalue weighted by atomic mass is 9.93. The summed E-state index contributed by atoms with van der Waals surface area (Å²) in [4.78, 5) is 14.1. The fourth-order valence-electron chi connectivity index (χ4n) is 4.03. The van der Waals surface area contributed by atoms with E-state index in [0.717, 1.165) is 12.8 Å². The van der Waals surface area contributed by atoms with Crippen molar-refractivity contribution in [3.05, 3.63) is 18.5 Å². The van der Waals surface area contributed by atoms with E-state index in [9.17, 15) is 13.2 Å². The van der Waals surface area contributed by atoms with Gasteiger partial charge in [-0.25, -0.2) is 12.7 Å². The highest BCUT2D eigenvalue weighted by atomic mass is 32.2. The number of sulfonamides is 1. The molecule has 1 aromatic heterocycles. The van der Waals surface area contributed by atoms with Crippen molar-refractivity contribution in [1.29, 1.82) is 0 Å². The van der Waals surface area contributed by atoms with Crippen molar-refractivity contribution in [2.75, 3.05) is 18.8 Å². The third-order valence-electron chi connectivity index (χ3n) is 5.06.